The van der Waals surface area contributed by atoms with Crippen molar-refractivity contribution in [2.24, 2.45) is 11.3 Å². The summed E-state index contributed by atoms with van der Waals surface area (Å²) < 4.78 is 5.54. The molecule has 1 aliphatic rings. The SMILES string of the molecule is CC1(C)C(OCC(Br)CBr)C1C(=O)O. The summed E-state index contributed by atoms with van der Waals surface area (Å²) in [4.78, 5) is 11.0. The van der Waals surface area contributed by atoms with E-state index in [0.717, 1.165) is 5.33 Å². The van der Waals surface area contributed by atoms with E-state index in [1.807, 2.05) is 13.8 Å². The normalized spacial score (nSPS) is 31.1. The van der Waals surface area contributed by atoms with Gasteiger partial charge in [0.05, 0.1) is 18.6 Å². The van der Waals surface area contributed by atoms with Crippen LogP contribution in [0.3, 0.4) is 0 Å². The van der Waals surface area contributed by atoms with E-state index in [1.165, 1.54) is 0 Å². The number of rotatable bonds is 5. The number of halogens is 2. The summed E-state index contributed by atoms with van der Waals surface area (Å²) in [5.41, 5.74) is -0.217. The number of ether oxygens (including phenoxy) is 1. The van der Waals surface area contributed by atoms with Crippen LogP contribution < -0.4 is 0 Å². The van der Waals surface area contributed by atoms with Crippen LogP contribution >= 0.6 is 31.9 Å². The third-order valence-electron chi connectivity index (χ3n) is 2.62. The maximum absolute atomic E-state index is 10.8. The molecule has 1 fully saturated rings. The van der Waals surface area contributed by atoms with Crippen LogP contribution in [-0.4, -0.2) is 33.9 Å². The van der Waals surface area contributed by atoms with Crippen LogP contribution in [0, 0.1) is 11.3 Å². The molecule has 0 aliphatic heterocycles. The minimum absolute atomic E-state index is 0.140. The zero-order valence-corrected chi connectivity index (χ0v) is 11.3. The number of aliphatic carboxylic acids is 1. The van der Waals surface area contributed by atoms with Crippen molar-refractivity contribution in [1.82, 2.24) is 0 Å². The van der Waals surface area contributed by atoms with Crippen molar-refractivity contribution < 1.29 is 14.6 Å². The van der Waals surface area contributed by atoms with Crippen molar-refractivity contribution in [3.05, 3.63) is 0 Å². The van der Waals surface area contributed by atoms with Gasteiger partial charge >= 0.3 is 5.97 Å². The fourth-order valence-corrected chi connectivity index (χ4v) is 1.94. The van der Waals surface area contributed by atoms with E-state index in [4.69, 9.17) is 9.84 Å². The van der Waals surface area contributed by atoms with Crippen molar-refractivity contribution in [2.75, 3.05) is 11.9 Å². The highest BCUT2D eigenvalue weighted by Gasteiger charge is 2.63. The van der Waals surface area contributed by atoms with Crippen LogP contribution in [0.4, 0.5) is 0 Å². The van der Waals surface area contributed by atoms with E-state index < -0.39 is 5.97 Å². The topological polar surface area (TPSA) is 46.5 Å². The van der Waals surface area contributed by atoms with E-state index in [2.05, 4.69) is 31.9 Å². The second-order valence-corrected chi connectivity index (χ2v) is 6.09. The molecule has 0 heterocycles. The highest BCUT2D eigenvalue weighted by Crippen LogP contribution is 2.54. The van der Waals surface area contributed by atoms with Crippen molar-refractivity contribution >= 4 is 37.8 Å². The van der Waals surface area contributed by atoms with Crippen LogP contribution in [0.2, 0.25) is 0 Å². The van der Waals surface area contributed by atoms with E-state index in [1.54, 1.807) is 0 Å². The Hall–Kier alpha value is 0.390. The van der Waals surface area contributed by atoms with E-state index in [9.17, 15) is 4.79 Å². The van der Waals surface area contributed by atoms with Gasteiger partial charge in [0.25, 0.3) is 0 Å². The van der Waals surface area contributed by atoms with Crippen LogP contribution in [0.25, 0.3) is 0 Å². The summed E-state index contributed by atoms with van der Waals surface area (Å²) in [5.74, 6) is -1.11. The summed E-state index contributed by atoms with van der Waals surface area (Å²) in [6, 6.07) is 0. The first kappa shape index (κ1) is 12.5. The molecule has 14 heavy (non-hydrogen) atoms. The van der Waals surface area contributed by atoms with Crippen molar-refractivity contribution in [1.29, 1.82) is 0 Å². The number of hydrogen-bond donors (Lipinski definition) is 1. The number of hydrogen-bond acceptors (Lipinski definition) is 2. The number of carboxylic acid groups (broad SMARTS) is 1. The maximum Gasteiger partial charge on any atom is 0.309 e. The molecule has 1 N–H and O–H groups in total. The Balaban J connectivity index is 2.38. The molecule has 1 saturated carbocycles. The van der Waals surface area contributed by atoms with Crippen LogP contribution in [-0.2, 0) is 9.53 Å². The lowest BCUT2D eigenvalue weighted by atomic mass is 10.1. The molecule has 0 radical (unpaired) electrons. The molecular formula is C9H14Br2O3. The van der Waals surface area contributed by atoms with Gasteiger partial charge in [0.2, 0.25) is 0 Å². The van der Waals surface area contributed by atoms with E-state index in [-0.39, 0.29) is 22.3 Å². The van der Waals surface area contributed by atoms with Crippen LogP contribution in [0.5, 0.6) is 0 Å². The van der Waals surface area contributed by atoms with Crippen molar-refractivity contribution in [3.63, 3.8) is 0 Å². The summed E-state index contributed by atoms with van der Waals surface area (Å²) in [7, 11) is 0. The molecule has 0 spiro atoms. The molecule has 3 unspecified atom stereocenters. The van der Waals surface area contributed by atoms with Gasteiger partial charge in [-0.25, -0.2) is 0 Å². The third kappa shape index (κ3) is 2.49. The van der Waals surface area contributed by atoms with Gasteiger partial charge in [-0.1, -0.05) is 45.7 Å². The summed E-state index contributed by atoms with van der Waals surface area (Å²) in [6.45, 7) is 4.39. The molecule has 0 saturated heterocycles. The van der Waals surface area contributed by atoms with Gasteiger partial charge in [0, 0.05) is 15.6 Å². The van der Waals surface area contributed by atoms with Gasteiger partial charge in [-0.05, 0) is 0 Å². The average molecular weight is 330 g/mol. The first-order valence-corrected chi connectivity index (χ1v) is 6.49. The predicted molar refractivity (Wildman–Crippen MR) is 61.2 cm³/mol. The lowest BCUT2D eigenvalue weighted by Crippen LogP contribution is -2.14. The van der Waals surface area contributed by atoms with Gasteiger partial charge in [-0.15, -0.1) is 0 Å². The third-order valence-corrected chi connectivity index (χ3v) is 4.86. The fraction of sp³-hybridized carbons (Fsp3) is 0.889. The molecule has 1 rings (SSSR count). The second kappa shape index (κ2) is 4.49. The zero-order chi connectivity index (χ0) is 10.9. The fourth-order valence-electron chi connectivity index (χ4n) is 1.60. The Kier molecular flexibility index (Phi) is 4.00. The second-order valence-electron chi connectivity index (χ2n) is 4.14. The summed E-state index contributed by atoms with van der Waals surface area (Å²) in [6.07, 6.45) is -0.140. The van der Waals surface area contributed by atoms with Gasteiger partial charge in [0.15, 0.2) is 0 Å². The Morgan fingerprint density at radius 1 is 1.64 bits per heavy atom. The molecule has 82 valence electrons. The molecule has 0 aromatic heterocycles. The lowest BCUT2D eigenvalue weighted by Gasteiger charge is -2.08. The number of alkyl halides is 2. The standard InChI is InChI=1S/C9H14Br2O3/c1-9(2)6(8(12)13)7(9)14-4-5(11)3-10/h5-7H,3-4H2,1-2H3,(H,12,13). The molecule has 3 nitrogen and oxygen atoms in total. The van der Waals surface area contributed by atoms with Gasteiger partial charge in [0.1, 0.15) is 0 Å². The number of carbonyl (C=O) groups is 1. The lowest BCUT2D eigenvalue weighted by molar-refractivity contribution is -0.140. The predicted octanol–water partition coefficient (Wildman–Crippen LogP) is 2.27. The Labute approximate surface area is 100 Å². The highest BCUT2D eigenvalue weighted by atomic mass is 79.9. The van der Waals surface area contributed by atoms with Crippen LogP contribution in [0.1, 0.15) is 13.8 Å². The van der Waals surface area contributed by atoms with E-state index in [0.29, 0.717) is 6.61 Å². The molecule has 0 amide bonds. The van der Waals surface area contributed by atoms with Gasteiger partial charge in [-0.2, -0.15) is 0 Å². The quantitative estimate of drug-likeness (QED) is 0.787. The minimum atomic E-state index is -0.759. The average Bonchev–Trinajstić information content (AvgIpc) is 2.64. The highest BCUT2D eigenvalue weighted by molar-refractivity contribution is 9.12. The molecule has 0 bridgehead atoms. The van der Waals surface area contributed by atoms with Crippen molar-refractivity contribution in [2.45, 2.75) is 24.8 Å². The largest absolute Gasteiger partial charge is 0.481 e. The molecule has 1 aliphatic carbocycles. The minimum Gasteiger partial charge on any atom is -0.481 e. The Morgan fingerprint density at radius 2 is 2.21 bits per heavy atom. The molecule has 0 aromatic carbocycles. The molecule has 0 aromatic rings. The zero-order valence-electron chi connectivity index (χ0n) is 8.17. The van der Waals surface area contributed by atoms with Gasteiger partial charge < -0.3 is 9.84 Å². The van der Waals surface area contributed by atoms with Gasteiger partial charge in [-0.3, -0.25) is 4.79 Å². The van der Waals surface area contributed by atoms with E-state index >= 15 is 0 Å². The monoisotopic (exact) mass is 328 g/mol. The molecular weight excluding hydrogens is 316 g/mol. The smallest absolute Gasteiger partial charge is 0.309 e. The van der Waals surface area contributed by atoms with Crippen LogP contribution in [0.15, 0.2) is 0 Å². The first-order chi connectivity index (χ1) is 6.41. The Morgan fingerprint density at radius 3 is 2.57 bits per heavy atom. The molecule has 3 atom stereocenters. The maximum atomic E-state index is 10.8. The molecule has 5 heteroatoms. The summed E-state index contributed by atoms with van der Waals surface area (Å²) in [5, 5.41) is 9.68. The first-order valence-electron chi connectivity index (χ1n) is 4.45. The van der Waals surface area contributed by atoms with Crippen molar-refractivity contribution in [3.8, 4) is 0 Å². The number of carboxylic acids is 1. The summed E-state index contributed by atoms with van der Waals surface area (Å²) >= 11 is 6.72. The Bertz CT molecular complexity index is 230.